The number of aromatic nitrogens is 4. The summed E-state index contributed by atoms with van der Waals surface area (Å²) in [4.78, 5) is 19.4. The summed E-state index contributed by atoms with van der Waals surface area (Å²) in [5.74, 6) is -1.15. The van der Waals surface area contributed by atoms with Crippen molar-refractivity contribution in [3.05, 3.63) is 78.0 Å². The topological polar surface area (TPSA) is 148 Å². The lowest BCUT2D eigenvalue weighted by Gasteiger charge is -2.14. The molecule has 0 aliphatic heterocycles. The maximum Gasteiger partial charge on any atom is 0.332 e. The minimum atomic E-state index is -3.99. The van der Waals surface area contributed by atoms with Crippen molar-refractivity contribution in [3.8, 4) is 5.69 Å². The Bertz CT molecular complexity index is 1490. The number of sulfonamides is 1. The number of hydrogen-bond donors (Lipinski definition) is 3. The van der Waals surface area contributed by atoms with Crippen LogP contribution in [0.1, 0.15) is 5.56 Å². The number of carboxylic acids is 1. The molecule has 0 aliphatic rings. The number of nitrogens with zero attached hydrogens (tertiary/aromatic N) is 4. The number of pyridine rings is 1. The van der Waals surface area contributed by atoms with E-state index in [2.05, 4.69) is 32.1 Å². The third kappa shape index (κ3) is 4.98. The molecule has 0 fully saturated rings. The van der Waals surface area contributed by atoms with Crippen molar-refractivity contribution in [1.29, 1.82) is 0 Å². The first kappa shape index (κ1) is 23.2. The normalized spacial score (nSPS) is 11.3. The van der Waals surface area contributed by atoms with Crippen LogP contribution in [0.4, 0.5) is 5.69 Å². The molecule has 0 radical (unpaired) electrons. The number of carbonyl (C=O) groups is 1. The summed E-state index contributed by atoms with van der Waals surface area (Å²) in [6, 6.07) is 13.9. The molecule has 0 aliphatic carbocycles. The summed E-state index contributed by atoms with van der Waals surface area (Å²) in [5.41, 5.74) is 4.75. The molecule has 4 aromatic rings. The predicted molar refractivity (Wildman–Crippen MR) is 125 cm³/mol. The first-order chi connectivity index (χ1) is 16.2. The highest BCUT2D eigenvalue weighted by Crippen LogP contribution is 2.28. The largest absolute Gasteiger partial charge is 0.479 e. The maximum atomic E-state index is 13.1. The molecule has 2 aromatic carbocycles. The van der Waals surface area contributed by atoms with Crippen LogP contribution in [0.15, 0.2) is 72.3 Å². The number of nitrogens with one attached hydrogen (secondary N) is 2. The molecular weight excluding hydrogens is 484 g/mol. The minimum Gasteiger partial charge on any atom is -0.479 e. The van der Waals surface area contributed by atoms with E-state index in [-0.39, 0.29) is 16.3 Å². The third-order valence-corrected chi connectivity index (χ3v) is 6.18. The van der Waals surface area contributed by atoms with Gasteiger partial charge in [0.15, 0.2) is 6.61 Å². The van der Waals surface area contributed by atoms with Gasteiger partial charge in [-0.2, -0.15) is 0 Å². The van der Waals surface area contributed by atoms with Gasteiger partial charge in [-0.05, 0) is 48.0 Å². The van der Waals surface area contributed by atoms with Crippen LogP contribution < -0.4 is 10.2 Å². The number of anilines is 1. The van der Waals surface area contributed by atoms with Crippen molar-refractivity contribution in [2.24, 2.45) is 0 Å². The molecule has 0 saturated heterocycles. The molecule has 0 amide bonds. The lowest BCUT2D eigenvalue weighted by Crippen LogP contribution is -2.18. The number of hydrogen-bond acceptors (Lipinski definition) is 8. The van der Waals surface area contributed by atoms with Crippen LogP contribution >= 0.6 is 11.6 Å². The van der Waals surface area contributed by atoms with Crippen molar-refractivity contribution < 1.29 is 23.2 Å². The number of aliphatic carboxylic acids is 1. The van der Waals surface area contributed by atoms with Gasteiger partial charge in [-0.3, -0.25) is 15.0 Å². The molecule has 0 atom stereocenters. The smallest absolute Gasteiger partial charge is 0.332 e. The lowest BCUT2D eigenvalue weighted by atomic mass is 10.2. The van der Waals surface area contributed by atoms with Gasteiger partial charge in [0.25, 0.3) is 10.0 Å². The zero-order chi connectivity index (χ0) is 24.3. The van der Waals surface area contributed by atoms with E-state index in [1.807, 2.05) is 0 Å². The fourth-order valence-corrected chi connectivity index (χ4v) is 4.23. The highest BCUT2D eigenvalue weighted by Gasteiger charge is 2.19. The van der Waals surface area contributed by atoms with E-state index in [0.717, 1.165) is 0 Å². The summed E-state index contributed by atoms with van der Waals surface area (Å²) >= 11 is 6.16. The second-order valence-corrected chi connectivity index (χ2v) is 9.02. The molecule has 2 aromatic heterocycles. The Labute approximate surface area is 198 Å². The first-order valence-corrected chi connectivity index (χ1v) is 11.5. The van der Waals surface area contributed by atoms with Gasteiger partial charge in [-0.15, -0.1) is 5.10 Å². The number of fused-ring (bicyclic) bond motifs is 1. The Morgan fingerprint density at radius 1 is 1.18 bits per heavy atom. The molecule has 0 bridgehead atoms. The van der Waals surface area contributed by atoms with Gasteiger partial charge >= 0.3 is 5.97 Å². The maximum absolute atomic E-state index is 13.1. The minimum absolute atomic E-state index is 0.0125. The molecule has 0 saturated carbocycles. The Balaban J connectivity index is 1.59. The summed E-state index contributed by atoms with van der Waals surface area (Å²) in [6.45, 7) is 3.17. The van der Waals surface area contributed by atoms with Gasteiger partial charge in [0.2, 0.25) is 5.65 Å². The molecule has 0 unspecified atom stereocenters. The van der Waals surface area contributed by atoms with E-state index in [9.17, 15) is 13.2 Å². The predicted octanol–water partition coefficient (Wildman–Crippen LogP) is 2.85. The van der Waals surface area contributed by atoms with E-state index in [1.54, 1.807) is 30.5 Å². The van der Waals surface area contributed by atoms with Gasteiger partial charge in [0, 0.05) is 11.2 Å². The van der Waals surface area contributed by atoms with E-state index >= 15 is 0 Å². The van der Waals surface area contributed by atoms with Crippen molar-refractivity contribution in [3.63, 3.8) is 0 Å². The molecule has 34 heavy (non-hydrogen) atoms. The Morgan fingerprint density at radius 2 is 1.94 bits per heavy atom. The second-order valence-electron chi connectivity index (χ2n) is 6.90. The molecule has 11 nitrogen and oxygen atoms in total. The van der Waals surface area contributed by atoms with Crippen LogP contribution in [0.3, 0.4) is 0 Å². The number of halogens is 1. The number of rotatable bonds is 9. The fraction of sp³-hybridized carbons (Fsp3) is 0.0476. The van der Waals surface area contributed by atoms with Gasteiger partial charge < -0.3 is 5.11 Å². The van der Waals surface area contributed by atoms with Crippen LogP contribution in [0.5, 0.6) is 0 Å². The number of benzene rings is 2. The summed E-state index contributed by atoms with van der Waals surface area (Å²) in [7, 11) is -3.99. The Hall–Kier alpha value is -4.00. The molecule has 13 heteroatoms. The Morgan fingerprint density at radius 3 is 2.68 bits per heavy atom. The van der Waals surface area contributed by atoms with Crippen LogP contribution in [-0.2, 0) is 19.7 Å². The Kier molecular flexibility index (Phi) is 6.45. The quantitative estimate of drug-likeness (QED) is 0.295. The van der Waals surface area contributed by atoms with E-state index in [1.165, 1.54) is 35.0 Å². The average Bonchev–Trinajstić information content (AvgIpc) is 3.24. The van der Waals surface area contributed by atoms with Crippen molar-refractivity contribution in [2.45, 2.75) is 4.90 Å². The van der Waals surface area contributed by atoms with Gasteiger partial charge in [-0.25, -0.2) is 22.9 Å². The van der Waals surface area contributed by atoms with Crippen LogP contribution in [-0.4, -0.2) is 46.1 Å². The molecule has 3 N–H and O–H groups in total. The zero-order valence-corrected chi connectivity index (χ0v) is 18.9. The van der Waals surface area contributed by atoms with Gasteiger partial charge in [0.05, 0.1) is 22.0 Å². The van der Waals surface area contributed by atoms with Crippen LogP contribution in [0.25, 0.3) is 22.5 Å². The highest BCUT2D eigenvalue weighted by atomic mass is 35.5. The SMILES string of the molecule is C=C(NOCC(=O)O)c1ccc(S(=O)(=O)Nc2ccc(Cl)cc2-n2nnc3ncccc32)cc1. The summed E-state index contributed by atoms with van der Waals surface area (Å²) < 4.78 is 30.1. The molecule has 2 heterocycles. The molecular formula is C21H17ClN6O5S. The third-order valence-electron chi connectivity index (χ3n) is 4.56. The second kappa shape index (κ2) is 9.47. The lowest BCUT2D eigenvalue weighted by molar-refractivity contribution is -0.143. The fourth-order valence-electron chi connectivity index (χ4n) is 2.99. The summed E-state index contributed by atoms with van der Waals surface area (Å²) in [5, 5.41) is 17.1. The monoisotopic (exact) mass is 500 g/mol. The number of hydroxylamine groups is 1. The van der Waals surface area contributed by atoms with Gasteiger partial charge in [-0.1, -0.05) is 35.5 Å². The van der Waals surface area contributed by atoms with Gasteiger partial charge in [0.1, 0.15) is 5.52 Å². The van der Waals surface area contributed by atoms with E-state index in [0.29, 0.717) is 27.4 Å². The molecule has 174 valence electrons. The van der Waals surface area contributed by atoms with Crippen LogP contribution in [0.2, 0.25) is 5.02 Å². The summed E-state index contributed by atoms with van der Waals surface area (Å²) in [6.07, 6.45) is 1.58. The van der Waals surface area contributed by atoms with Crippen molar-refractivity contribution in [2.75, 3.05) is 11.3 Å². The zero-order valence-electron chi connectivity index (χ0n) is 17.3. The highest BCUT2D eigenvalue weighted by molar-refractivity contribution is 7.92. The molecule has 0 spiro atoms. The molecule has 4 rings (SSSR count). The average molecular weight is 501 g/mol. The van der Waals surface area contributed by atoms with Crippen molar-refractivity contribution in [1.82, 2.24) is 25.5 Å². The standard InChI is InChI=1S/C21H17ClN6O5S/c1-13(25-33-12-20(29)30)14-4-7-16(8-5-14)34(31,32)26-17-9-6-15(22)11-19(17)28-18-3-2-10-23-21(18)24-27-28/h2-11,25-26H,1,12H2,(H,29,30). The van der Waals surface area contributed by atoms with E-state index in [4.69, 9.17) is 21.5 Å². The van der Waals surface area contributed by atoms with Crippen molar-refractivity contribution >= 4 is 50.1 Å². The van der Waals surface area contributed by atoms with Crippen LogP contribution in [0, 0.1) is 0 Å². The first-order valence-electron chi connectivity index (χ1n) is 9.63. The number of carboxylic acid groups (broad SMARTS) is 1. The van der Waals surface area contributed by atoms with E-state index < -0.39 is 22.6 Å².